The molecule has 45 heavy (non-hydrogen) atoms. The van der Waals surface area contributed by atoms with Gasteiger partial charge < -0.3 is 33.4 Å². The zero-order chi connectivity index (χ0) is 30.9. The second-order valence-corrected chi connectivity index (χ2v) is 11.5. The molecule has 1 atom stereocenters. The van der Waals surface area contributed by atoms with Crippen molar-refractivity contribution < 1.29 is 33.3 Å². The molecule has 1 N–H and O–H groups in total. The Morgan fingerprint density at radius 2 is 1.91 bits per heavy atom. The lowest BCUT2D eigenvalue weighted by Crippen LogP contribution is -2.50. The summed E-state index contributed by atoms with van der Waals surface area (Å²) in [5, 5.41) is 15.4. The van der Waals surface area contributed by atoms with Crippen LogP contribution in [-0.2, 0) is 11.3 Å². The van der Waals surface area contributed by atoms with Crippen LogP contribution >= 0.6 is 11.3 Å². The minimum absolute atomic E-state index is 0.113. The third-order valence-electron chi connectivity index (χ3n) is 7.78. The lowest BCUT2D eigenvalue weighted by Gasteiger charge is -2.34. The van der Waals surface area contributed by atoms with Crippen LogP contribution in [0.4, 0.5) is 0 Å². The molecule has 6 aromatic rings. The molecule has 3 aromatic carbocycles. The van der Waals surface area contributed by atoms with E-state index < -0.39 is 0 Å². The third-order valence-corrected chi connectivity index (χ3v) is 8.66. The molecule has 0 saturated carbocycles. The first-order valence-electron chi connectivity index (χ1n) is 14.4. The van der Waals surface area contributed by atoms with E-state index in [0.717, 1.165) is 22.1 Å². The van der Waals surface area contributed by atoms with E-state index in [1.807, 2.05) is 72.9 Å². The van der Waals surface area contributed by atoms with E-state index in [1.54, 1.807) is 23.6 Å². The highest BCUT2D eigenvalue weighted by molar-refractivity contribution is 7.18. The maximum atomic E-state index is 13.1. The zero-order valence-electron chi connectivity index (χ0n) is 24.6. The molecule has 230 valence electrons. The van der Waals surface area contributed by atoms with Gasteiger partial charge in [-0.2, -0.15) is 0 Å². The summed E-state index contributed by atoms with van der Waals surface area (Å²) in [6, 6.07) is 20.7. The monoisotopic (exact) mass is 626 g/mol. The van der Waals surface area contributed by atoms with Gasteiger partial charge in [-0.05, 0) is 58.9 Å². The van der Waals surface area contributed by atoms with Gasteiger partial charge >= 0.3 is 0 Å². The first-order valence-corrected chi connectivity index (χ1v) is 15.2. The number of rotatable bonds is 9. The molecule has 0 radical (unpaired) electrons. The lowest BCUT2D eigenvalue weighted by molar-refractivity contribution is -0.0183. The van der Waals surface area contributed by atoms with Crippen molar-refractivity contribution in [3.05, 3.63) is 84.1 Å². The SMILES string of the molecule is COc1cc(COc2cccc(-c3ccc(C(=O)N4CCOC[C@@H]4CO)cc3)c2)c2cc(-c3cn4nc(OC)sc4n3)oc2c1. The minimum Gasteiger partial charge on any atom is -0.497 e. The molecule has 3 aromatic heterocycles. The molecule has 1 amide bonds. The highest BCUT2D eigenvalue weighted by Gasteiger charge is 2.27. The highest BCUT2D eigenvalue weighted by Crippen LogP contribution is 2.35. The maximum absolute atomic E-state index is 13.1. The standard InChI is InChI=1S/C33H30N4O7S/c1-40-26-13-23(27-15-30(44-29(27)14-26)28-16-37-32(34-28)45-33(35-37)41-2)18-43-25-5-3-4-22(12-25)20-6-8-21(9-7-20)31(39)36-10-11-42-19-24(36)17-38/h3-9,12-16,24,38H,10-11,17-19H2,1-2H3/t24-/m0/s1. The van der Waals surface area contributed by atoms with Crippen LogP contribution in [0, 0.1) is 0 Å². The quantitative estimate of drug-likeness (QED) is 0.228. The number of aromatic nitrogens is 3. The van der Waals surface area contributed by atoms with Gasteiger partial charge in [0.2, 0.25) is 4.96 Å². The fourth-order valence-corrected chi connectivity index (χ4v) is 6.10. The molecule has 0 spiro atoms. The van der Waals surface area contributed by atoms with Crippen molar-refractivity contribution in [2.45, 2.75) is 12.6 Å². The molecule has 7 rings (SSSR count). The summed E-state index contributed by atoms with van der Waals surface area (Å²) >= 11 is 1.35. The molecule has 0 bridgehead atoms. The van der Waals surface area contributed by atoms with E-state index in [9.17, 15) is 9.90 Å². The number of ether oxygens (including phenoxy) is 4. The smallest absolute Gasteiger partial charge is 0.294 e. The molecular formula is C33H30N4O7S. The lowest BCUT2D eigenvalue weighted by atomic mass is 10.0. The minimum atomic E-state index is -0.329. The van der Waals surface area contributed by atoms with Crippen LogP contribution in [-0.4, -0.2) is 77.1 Å². The molecule has 1 aliphatic rings. The van der Waals surface area contributed by atoms with Gasteiger partial charge in [0.15, 0.2) is 5.76 Å². The van der Waals surface area contributed by atoms with Gasteiger partial charge in [-0.25, -0.2) is 9.50 Å². The molecule has 12 heteroatoms. The first kappa shape index (κ1) is 28.8. The number of aliphatic hydroxyl groups is 1. The summed E-state index contributed by atoms with van der Waals surface area (Å²) in [7, 11) is 3.20. The first-order chi connectivity index (χ1) is 22.0. The molecule has 1 fully saturated rings. The molecule has 4 heterocycles. The fourth-order valence-electron chi connectivity index (χ4n) is 5.40. The summed E-state index contributed by atoms with van der Waals surface area (Å²) in [6.45, 7) is 1.42. The van der Waals surface area contributed by atoms with E-state index in [4.69, 9.17) is 23.4 Å². The van der Waals surface area contributed by atoms with E-state index >= 15 is 0 Å². The molecule has 0 unspecified atom stereocenters. The third kappa shape index (κ3) is 5.70. The van der Waals surface area contributed by atoms with Gasteiger partial charge in [0.1, 0.15) is 29.4 Å². The fraction of sp³-hybridized carbons (Fsp3) is 0.242. The largest absolute Gasteiger partial charge is 0.497 e. The number of aliphatic hydroxyl groups excluding tert-OH is 1. The topological polar surface area (TPSA) is 121 Å². The Morgan fingerprint density at radius 3 is 2.69 bits per heavy atom. The van der Waals surface area contributed by atoms with Crippen molar-refractivity contribution >= 4 is 33.2 Å². The van der Waals surface area contributed by atoms with E-state index in [0.29, 0.717) is 64.0 Å². The predicted molar refractivity (Wildman–Crippen MR) is 168 cm³/mol. The van der Waals surface area contributed by atoms with Crippen molar-refractivity contribution in [1.82, 2.24) is 19.5 Å². The number of methoxy groups -OCH3 is 2. The Bertz CT molecular complexity index is 1950. The van der Waals surface area contributed by atoms with Gasteiger partial charge in [0, 0.05) is 29.1 Å². The van der Waals surface area contributed by atoms with E-state index in [-0.39, 0.29) is 25.2 Å². The number of carbonyl (C=O) groups is 1. The Morgan fingerprint density at radius 1 is 1.04 bits per heavy atom. The zero-order valence-corrected chi connectivity index (χ0v) is 25.5. The van der Waals surface area contributed by atoms with Crippen molar-refractivity contribution in [3.63, 3.8) is 0 Å². The molecule has 11 nitrogen and oxygen atoms in total. The Kier molecular flexibility index (Phi) is 7.84. The summed E-state index contributed by atoms with van der Waals surface area (Å²) in [5.74, 6) is 1.85. The highest BCUT2D eigenvalue weighted by atomic mass is 32.1. The average Bonchev–Trinajstić information content (AvgIpc) is 3.80. The predicted octanol–water partition coefficient (Wildman–Crippen LogP) is 5.30. The van der Waals surface area contributed by atoms with Gasteiger partial charge in [-0.3, -0.25) is 4.79 Å². The van der Waals surface area contributed by atoms with Crippen LogP contribution < -0.4 is 14.2 Å². The van der Waals surface area contributed by atoms with Crippen LogP contribution in [0.25, 0.3) is 38.5 Å². The van der Waals surface area contributed by atoms with E-state index in [1.165, 1.54) is 11.3 Å². The van der Waals surface area contributed by atoms with Crippen molar-refractivity contribution in [3.8, 4) is 39.3 Å². The number of hydrogen-bond acceptors (Lipinski definition) is 10. The molecule has 1 aliphatic heterocycles. The number of carbonyl (C=O) groups excluding carboxylic acids is 1. The summed E-state index contributed by atoms with van der Waals surface area (Å²) in [5.41, 5.74) is 4.70. The van der Waals surface area contributed by atoms with Crippen molar-refractivity contribution in [2.24, 2.45) is 0 Å². The number of fused-ring (bicyclic) bond motifs is 2. The Balaban J connectivity index is 1.09. The molecule has 1 saturated heterocycles. The van der Waals surface area contributed by atoms with E-state index in [2.05, 4.69) is 10.1 Å². The summed E-state index contributed by atoms with van der Waals surface area (Å²) < 4.78 is 30.3. The summed E-state index contributed by atoms with van der Waals surface area (Å²) in [4.78, 5) is 20.1. The van der Waals surface area contributed by atoms with Crippen LogP contribution in [0.1, 0.15) is 15.9 Å². The second-order valence-electron chi connectivity index (χ2n) is 10.5. The van der Waals surface area contributed by atoms with Crippen LogP contribution in [0.3, 0.4) is 0 Å². The Hall–Kier alpha value is -4.91. The summed E-state index contributed by atoms with van der Waals surface area (Å²) in [6.07, 6.45) is 1.81. The Labute approximate surface area is 262 Å². The maximum Gasteiger partial charge on any atom is 0.294 e. The van der Waals surface area contributed by atoms with Gasteiger partial charge in [0.05, 0.1) is 46.3 Å². The second kappa shape index (κ2) is 12.2. The normalized spacial score (nSPS) is 15.1. The van der Waals surface area contributed by atoms with Crippen molar-refractivity contribution in [2.75, 3.05) is 40.6 Å². The van der Waals surface area contributed by atoms with Gasteiger partial charge in [0.25, 0.3) is 11.1 Å². The van der Waals surface area contributed by atoms with Crippen LogP contribution in [0.2, 0.25) is 0 Å². The number of morpholine rings is 1. The average molecular weight is 627 g/mol. The van der Waals surface area contributed by atoms with Crippen LogP contribution in [0.15, 0.2) is 77.3 Å². The van der Waals surface area contributed by atoms with Gasteiger partial charge in [-0.15, -0.1) is 5.10 Å². The molecule has 0 aliphatic carbocycles. The number of furan rings is 1. The number of nitrogens with zero attached hydrogens (tertiary/aromatic N) is 4. The number of benzene rings is 3. The van der Waals surface area contributed by atoms with Gasteiger partial charge in [-0.1, -0.05) is 24.3 Å². The number of amides is 1. The number of imidazole rings is 1. The molecular weight excluding hydrogens is 596 g/mol. The number of hydrogen-bond donors (Lipinski definition) is 1. The van der Waals surface area contributed by atoms with Crippen LogP contribution in [0.5, 0.6) is 16.7 Å². The van der Waals surface area contributed by atoms with Crippen molar-refractivity contribution in [1.29, 1.82) is 0 Å².